The van der Waals surface area contributed by atoms with Gasteiger partial charge in [0.05, 0.1) is 0 Å². The van der Waals surface area contributed by atoms with Gasteiger partial charge in [0.2, 0.25) is 5.91 Å². The number of nitrogens with zero attached hydrogens (tertiary/aromatic N) is 1. The zero-order valence-electron chi connectivity index (χ0n) is 28.8. The number of ether oxygens (including phenoxy) is 1. The average Bonchev–Trinajstić information content (AvgIpc) is 3.05. The SMILES string of the molecule is C#Cc1ccc(C(C(=O)Nc2ccc3ccccc3c2)N(C(=O)C(Cc2ccccc2)NC(=O)OC(C)(C)C)C(C)CCC(C)C)cc1. The van der Waals surface area contributed by atoms with E-state index in [0.29, 0.717) is 29.2 Å². The maximum atomic E-state index is 14.9. The summed E-state index contributed by atoms with van der Waals surface area (Å²) in [5, 5.41) is 7.97. The van der Waals surface area contributed by atoms with Crippen LogP contribution < -0.4 is 10.6 Å². The third-order valence-corrected chi connectivity index (χ3v) is 8.10. The molecule has 0 bridgehead atoms. The molecule has 2 N–H and O–H groups in total. The maximum Gasteiger partial charge on any atom is 0.408 e. The summed E-state index contributed by atoms with van der Waals surface area (Å²) < 4.78 is 5.59. The van der Waals surface area contributed by atoms with E-state index >= 15 is 0 Å². The van der Waals surface area contributed by atoms with Crippen molar-refractivity contribution in [2.24, 2.45) is 5.92 Å². The van der Waals surface area contributed by atoms with Crippen LogP contribution in [-0.4, -0.2) is 40.5 Å². The van der Waals surface area contributed by atoms with E-state index < -0.39 is 23.8 Å². The highest BCUT2D eigenvalue weighted by atomic mass is 16.6. The summed E-state index contributed by atoms with van der Waals surface area (Å²) in [6.45, 7) is 11.5. The number of hydrogen-bond acceptors (Lipinski definition) is 4. The smallest absolute Gasteiger partial charge is 0.408 e. The number of rotatable bonds is 12. The van der Waals surface area contributed by atoms with Gasteiger partial charge in [-0.05, 0) is 92.6 Å². The van der Waals surface area contributed by atoms with Gasteiger partial charge in [0, 0.05) is 23.7 Å². The zero-order valence-corrected chi connectivity index (χ0v) is 28.8. The number of anilines is 1. The molecule has 0 spiro atoms. The van der Waals surface area contributed by atoms with Crippen LogP contribution in [0.3, 0.4) is 0 Å². The summed E-state index contributed by atoms with van der Waals surface area (Å²) in [6, 6.07) is 27.9. The molecule has 250 valence electrons. The summed E-state index contributed by atoms with van der Waals surface area (Å²) in [4.78, 5) is 44.3. The molecule has 48 heavy (non-hydrogen) atoms. The van der Waals surface area contributed by atoms with E-state index in [-0.39, 0.29) is 24.3 Å². The number of carbonyl (C=O) groups is 3. The Morgan fingerprint density at radius 2 is 1.48 bits per heavy atom. The molecule has 0 fully saturated rings. The second-order valence-corrected chi connectivity index (χ2v) is 13.7. The lowest BCUT2D eigenvalue weighted by atomic mass is 9.95. The maximum absolute atomic E-state index is 14.9. The number of terminal acetylenes is 1. The molecule has 0 aliphatic rings. The first-order valence-corrected chi connectivity index (χ1v) is 16.6. The molecule has 7 heteroatoms. The molecule has 0 saturated heterocycles. The van der Waals surface area contributed by atoms with Crippen LogP contribution in [0.1, 0.15) is 77.1 Å². The summed E-state index contributed by atoms with van der Waals surface area (Å²) in [5.74, 6) is 2.24. The molecule has 0 radical (unpaired) electrons. The summed E-state index contributed by atoms with van der Waals surface area (Å²) in [5.41, 5.74) is 1.96. The predicted molar refractivity (Wildman–Crippen MR) is 193 cm³/mol. The molecule has 7 nitrogen and oxygen atoms in total. The van der Waals surface area contributed by atoms with E-state index in [2.05, 4.69) is 30.4 Å². The first-order chi connectivity index (χ1) is 22.8. The van der Waals surface area contributed by atoms with Crippen LogP contribution in [0.2, 0.25) is 0 Å². The van der Waals surface area contributed by atoms with Gasteiger partial charge in [-0.1, -0.05) is 92.6 Å². The van der Waals surface area contributed by atoms with Crippen LogP contribution in [0.4, 0.5) is 10.5 Å². The Labute approximate surface area is 285 Å². The fourth-order valence-corrected chi connectivity index (χ4v) is 5.67. The Morgan fingerprint density at radius 3 is 2.10 bits per heavy atom. The molecule has 0 heterocycles. The van der Waals surface area contributed by atoms with Crippen LogP contribution >= 0.6 is 0 Å². The van der Waals surface area contributed by atoms with Gasteiger partial charge in [-0.25, -0.2) is 4.79 Å². The largest absolute Gasteiger partial charge is 0.444 e. The molecule has 4 rings (SSSR count). The number of alkyl carbamates (subject to hydrolysis) is 1. The van der Waals surface area contributed by atoms with Gasteiger partial charge < -0.3 is 20.3 Å². The molecule has 4 aromatic rings. The summed E-state index contributed by atoms with van der Waals surface area (Å²) in [6.07, 6.45) is 6.65. The lowest BCUT2D eigenvalue weighted by Crippen LogP contribution is -2.55. The van der Waals surface area contributed by atoms with Crippen LogP contribution in [0.5, 0.6) is 0 Å². The van der Waals surface area contributed by atoms with E-state index in [1.165, 1.54) is 0 Å². The van der Waals surface area contributed by atoms with Crippen molar-refractivity contribution in [3.63, 3.8) is 0 Å². The van der Waals surface area contributed by atoms with Gasteiger partial charge in [0.25, 0.3) is 5.91 Å². The minimum atomic E-state index is -1.03. The molecule has 3 atom stereocenters. The number of hydrogen-bond donors (Lipinski definition) is 2. The van der Waals surface area contributed by atoms with E-state index in [0.717, 1.165) is 22.8 Å². The molecule has 3 amide bonds. The fourth-order valence-electron chi connectivity index (χ4n) is 5.67. The molecule has 0 saturated carbocycles. The van der Waals surface area contributed by atoms with Crippen molar-refractivity contribution in [3.8, 4) is 12.3 Å². The Bertz CT molecular complexity index is 1740. The number of carbonyl (C=O) groups excluding carboxylic acids is 3. The lowest BCUT2D eigenvalue weighted by molar-refractivity contribution is -0.143. The van der Waals surface area contributed by atoms with Gasteiger partial charge in [-0.15, -0.1) is 6.42 Å². The Hall–Kier alpha value is -5.09. The van der Waals surface area contributed by atoms with Crippen molar-refractivity contribution in [2.75, 3.05) is 5.32 Å². The second kappa shape index (κ2) is 16.1. The van der Waals surface area contributed by atoms with Gasteiger partial charge in [-0.2, -0.15) is 0 Å². The van der Waals surface area contributed by atoms with Gasteiger partial charge in [0.1, 0.15) is 17.7 Å². The fraction of sp³-hybridized carbons (Fsp3) is 0.341. The molecular weight excluding hydrogens is 598 g/mol. The minimum Gasteiger partial charge on any atom is -0.444 e. The summed E-state index contributed by atoms with van der Waals surface area (Å²) in [7, 11) is 0. The molecule has 0 aliphatic carbocycles. The predicted octanol–water partition coefficient (Wildman–Crippen LogP) is 8.29. The third kappa shape index (κ3) is 9.95. The van der Waals surface area contributed by atoms with Crippen LogP contribution in [0.25, 0.3) is 10.8 Å². The third-order valence-electron chi connectivity index (χ3n) is 8.10. The average molecular weight is 646 g/mol. The van der Waals surface area contributed by atoms with Crippen LogP contribution in [0, 0.1) is 18.3 Å². The standard InChI is InChI=1S/C41H47N3O4/c1-8-30-20-22-33(23-21-30)37(38(45)42-35-25-24-32-16-12-13-17-34(32)27-35)44(29(4)19-18-28(2)3)39(46)36(26-31-14-10-9-11-15-31)43-40(47)48-41(5,6)7/h1,9-17,20-25,27-29,36-37H,18-19,26H2,2-7H3,(H,42,45)(H,43,47). The van der Waals surface area contributed by atoms with Crippen molar-refractivity contribution in [3.05, 3.63) is 114 Å². The monoisotopic (exact) mass is 645 g/mol. The normalized spacial score (nSPS) is 13.2. The van der Waals surface area contributed by atoms with E-state index in [9.17, 15) is 14.4 Å². The van der Waals surface area contributed by atoms with Gasteiger partial charge in [0.15, 0.2) is 0 Å². The Morgan fingerprint density at radius 1 is 0.833 bits per heavy atom. The molecular formula is C41H47N3O4. The van der Waals surface area contributed by atoms with Crippen molar-refractivity contribution >= 4 is 34.4 Å². The van der Waals surface area contributed by atoms with E-state index in [4.69, 9.17) is 11.2 Å². The first kappa shape index (κ1) is 35.8. The van der Waals surface area contributed by atoms with Gasteiger partial charge in [-0.3, -0.25) is 9.59 Å². The molecule has 0 aromatic heterocycles. The highest BCUT2D eigenvalue weighted by Gasteiger charge is 2.39. The molecule has 4 aromatic carbocycles. The van der Waals surface area contributed by atoms with E-state index in [1.54, 1.807) is 49.9 Å². The van der Waals surface area contributed by atoms with Crippen LogP contribution in [0.15, 0.2) is 97.1 Å². The highest BCUT2D eigenvalue weighted by molar-refractivity contribution is 6.00. The van der Waals surface area contributed by atoms with Crippen molar-refractivity contribution in [1.29, 1.82) is 0 Å². The van der Waals surface area contributed by atoms with Crippen molar-refractivity contribution in [1.82, 2.24) is 10.2 Å². The lowest BCUT2D eigenvalue weighted by Gasteiger charge is -2.39. The Balaban J connectivity index is 1.81. The second-order valence-electron chi connectivity index (χ2n) is 13.7. The number of nitrogens with one attached hydrogen (secondary N) is 2. The topological polar surface area (TPSA) is 87.7 Å². The van der Waals surface area contributed by atoms with Crippen molar-refractivity contribution < 1.29 is 19.1 Å². The number of fused-ring (bicyclic) bond motifs is 1. The number of amides is 3. The highest BCUT2D eigenvalue weighted by Crippen LogP contribution is 2.30. The first-order valence-electron chi connectivity index (χ1n) is 16.6. The quantitative estimate of drug-likeness (QED) is 0.152. The Kier molecular flexibility index (Phi) is 12.0. The number of benzene rings is 4. The van der Waals surface area contributed by atoms with Crippen LogP contribution in [-0.2, 0) is 20.7 Å². The van der Waals surface area contributed by atoms with Gasteiger partial charge >= 0.3 is 6.09 Å². The summed E-state index contributed by atoms with van der Waals surface area (Å²) >= 11 is 0. The molecule has 0 aliphatic heterocycles. The zero-order chi connectivity index (χ0) is 34.8. The van der Waals surface area contributed by atoms with Crippen molar-refractivity contribution in [2.45, 2.75) is 84.5 Å². The minimum absolute atomic E-state index is 0.210. The van der Waals surface area contributed by atoms with E-state index in [1.807, 2.05) is 79.7 Å². The molecule has 3 unspecified atom stereocenters.